The molecule has 1 saturated heterocycles. The average molecular weight is 234 g/mol. The molecule has 1 fully saturated rings. The Kier molecular flexibility index (Phi) is 3.38. The molecule has 94 valence electrons. The minimum absolute atomic E-state index is 0.131. The van der Waals surface area contributed by atoms with Gasteiger partial charge < -0.3 is 9.30 Å². The molecule has 0 aromatic carbocycles. The van der Waals surface area contributed by atoms with Gasteiger partial charge in [0.05, 0.1) is 12.6 Å². The minimum atomic E-state index is 0.131. The van der Waals surface area contributed by atoms with E-state index in [-0.39, 0.29) is 5.41 Å². The first kappa shape index (κ1) is 12.4. The summed E-state index contributed by atoms with van der Waals surface area (Å²) in [7, 11) is 0. The van der Waals surface area contributed by atoms with Crippen molar-refractivity contribution in [3.8, 4) is 0 Å². The van der Waals surface area contributed by atoms with Gasteiger partial charge in [0, 0.05) is 12.8 Å². The first-order valence-corrected chi connectivity index (χ1v) is 6.34. The summed E-state index contributed by atoms with van der Waals surface area (Å²) >= 11 is 0. The number of hydrogen-bond acceptors (Lipinski definition) is 2. The topological polar surface area (TPSA) is 38.0 Å². The Morgan fingerprint density at radius 2 is 2.18 bits per heavy atom. The monoisotopic (exact) mass is 234 g/mol. The number of ether oxygens (including phenoxy) is 1. The van der Waals surface area contributed by atoms with Crippen LogP contribution in [0, 0.1) is 5.41 Å². The number of pyridine rings is 1. The van der Waals surface area contributed by atoms with Gasteiger partial charge in [0.1, 0.15) is 5.49 Å². The average Bonchev–Trinajstić information content (AvgIpc) is 2.72. The van der Waals surface area contributed by atoms with Gasteiger partial charge in [-0.3, -0.25) is 5.41 Å². The molecule has 1 aliphatic rings. The zero-order chi connectivity index (χ0) is 12.5. The zero-order valence-electron chi connectivity index (χ0n) is 11.0. The number of aromatic nitrogens is 1. The van der Waals surface area contributed by atoms with Crippen LogP contribution in [0.4, 0.5) is 0 Å². The Hall–Kier alpha value is -1.09. The molecule has 3 heteroatoms. The summed E-state index contributed by atoms with van der Waals surface area (Å²) in [6, 6.07) is 3.93. The van der Waals surface area contributed by atoms with E-state index in [4.69, 9.17) is 10.1 Å². The largest absolute Gasteiger partial charge is 0.376 e. The smallest absolute Gasteiger partial charge is 0.124 e. The van der Waals surface area contributed by atoms with Crippen LogP contribution in [0.3, 0.4) is 0 Å². The van der Waals surface area contributed by atoms with Crippen molar-refractivity contribution in [1.82, 2.24) is 4.57 Å². The van der Waals surface area contributed by atoms with Crippen LogP contribution in [0.1, 0.15) is 39.2 Å². The third-order valence-corrected chi connectivity index (χ3v) is 3.32. The lowest BCUT2D eigenvalue weighted by molar-refractivity contribution is 0.0957. The maximum atomic E-state index is 7.94. The Morgan fingerprint density at radius 1 is 1.41 bits per heavy atom. The van der Waals surface area contributed by atoms with Gasteiger partial charge in [-0.15, -0.1) is 0 Å². The number of nitrogens with one attached hydrogen (secondary N) is 1. The molecule has 3 nitrogen and oxygen atoms in total. The van der Waals surface area contributed by atoms with E-state index in [1.165, 1.54) is 5.56 Å². The van der Waals surface area contributed by atoms with E-state index >= 15 is 0 Å². The standard InChI is InChI=1S/C14H22N2O/c1-14(2,3)11-6-7-13(15)16(9-11)10-12-5-4-8-17-12/h6-7,9,12,15H,4-5,8,10H2,1-3H3/t12-/m1/s1. The predicted octanol–water partition coefficient (Wildman–Crippen LogP) is 2.44. The molecular weight excluding hydrogens is 212 g/mol. The van der Waals surface area contributed by atoms with Crippen LogP contribution in [0.15, 0.2) is 18.3 Å². The summed E-state index contributed by atoms with van der Waals surface area (Å²) in [6.45, 7) is 8.27. The third-order valence-electron chi connectivity index (χ3n) is 3.32. The van der Waals surface area contributed by atoms with Crippen LogP contribution < -0.4 is 5.49 Å². The number of rotatable bonds is 2. The molecule has 0 saturated carbocycles. The molecular formula is C14H22N2O. The highest BCUT2D eigenvalue weighted by Crippen LogP contribution is 2.21. The van der Waals surface area contributed by atoms with Crippen molar-refractivity contribution in [2.24, 2.45) is 0 Å². The van der Waals surface area contributed by atoms with E-state index in [1.807, 2.05) is 16.7 Å². The van der Waals surface area contributed by atoms with Gasteiger partial charge in [-0.2, -0.15) is 0 Å². The van der Waals surface area contributed by atoms with Crippen LogP contribution in [0.5, 0.6) is 0 Å². The summed E-state index contributed by atoms with van der Waals surface area (Å²) in [6.07, 6.45) is 4.66. The summed E-state index contributed by atoms with van der Waals surface area (Å²) in [4.78, 5) is 0. The van der Waals surface area contributed by atoms with Crippen LogP contribution >= 0.6 is 0 Å². The molecule has 0 bridgehead atoms. The van der Waals surface area contributed by atoms with Crippen LogP contribution in [-0.4, -0.2) is 17.3 Å². The summed E-state index contributed by atoms with van der Waals surface area (Å²) in [5.41, 5.74) is 1.96. The van der Waals surface area contributed by atoms with Gasteiger partial charge in [-0.25, -0.2) is 0 Å². The lowest BCUT2D eigenvalue weighted by Crippen LogP contribution is -2.27. The van der Waals surface area contributed by atoms with E-state index in [9.17, 15) is 0 Å². The van der Waals surface area contributed by atoms with E-state index in [0.717, 1.165) is 26.0 Å². The molecule has 1 atom stereocenters. The second kappa shape index (κ2) is 4.65. The van der Waals surface area contributed by atoms with Gasteiger partial charge in [0.15, 0.2) is 0 Å². The van der Waals surface area contributed by atoms with Crippen LogP contribution in [0.25, 0.3) is 0 Å². The first-order chi connectivity index (χ1) is 7.97. The van der Waals surface area contributed by atoms with Crippen molar-refractivity contribution in [2.75, 3.05) is 6.61 Å². The Morgan fingerprint density at radius 3 is 2.76 bits per heavy atom. The second-order valence-corrected chi connectivity index (χ2v) is 5.84. The Bertz CT molecular complexity index is 436. The van der Waals surface area contributed by atoms with Gasteiger partial charge >= 0.3 is 0 Å². The fourth-order valence-electron chi connectivity index (χ4n) is 2.15. The molecule has 0 aliphatic carbocycles. The molecule has 1 aromatic heterocycles. The number of hydrogen-bond donors (Lipinski definition) is 1. The van der Waals surface area contributed by atoms with Crippen molar-refractivity contribution in [2.45, 2.75) is 51.7 Å². The van der Waals surface area contributed by atoms with Crippen LogP contribution in [-0.2, 0) is 16.7 Å². The molecule has 1 aliphatic heterocycles. The fraction of sp³-hybridized carbons (Fsp3) is 0.643. The Labute approximate surface area is 103 Å². The summed E-state index contributed by atoms with van der Waals surface area (Å²) in [5.74, 6) is 0. The lowest BCUT2D eigenvalue weighted by atomic mass is 9.88. The van der Waals surface area contributed by atoms with E-state index in [2.05, 4.69) is 27.0 Å². The molecule has 1 N–H and O–H groups in total. The fourth-order valence-corrected chi connectivity index (χ4v) is 2.15. The van der Waals surface area contributed by atoms with E-state index in [0.29, 0.717) is 11.6 Å². The van der Waals surface area contributed by atoms with Crippen molar-refractivity contribution in [3.63, 3.8) is 0 Å². The SMILES string of the molecule is CC(C)(C)c1ccc(=N)n(C[C@H]2CCCO2)c1. The van der Waals surface area contributed by atoms with Crippen molar-refractivity contribution in [3.05, 3.63) is 29.4 Å². The molecule has 2 rings (SSSR count). The third kappa shape index (κ3) is 2.97. The molecule has 0 amide bonds. The molecule has 0 spiro atoms. The molecule has 0 radical (unpaired) electrons. The van der Waals surface area contributed by atoms with Gasteiger partial charge in [-0.05, 0) is 29.9 Å². The number of nitrogens with zero attached hydrogens (tertiary/aromatic N) is 1. The lowest BCUT2D eigenvalue weighted by Gasteiger charge is -2.21. The maximum Gasteiger partial charge on any atom is 0.124 e. The zero-order valence-corrected chi connectivity index (χ0v) is 11.0. The molecule has 1 aromatic rings. The highest BCUT2D eigenvalue weighted by molar-refractivity contribution is 5.18. The highest BCUT2D eigenvalue weighted by Gasteiger charge is 2.18. The molecule has 0 unspecified atom stereocenters. The summed E-state index contributed by atoms with van der Waals surface area (Å²) < 4.78 is 7.64. The van der Waals surface area contributed by atoms with Crippen molar-refractivity contribution in [1.29, 1.82) is 5.41 Å². The van der Waals surface area contributed by atoms with Crippen molar-refractivity contribution >= 4 is 0 Å². The van der Waals surface area contributed by atoms with E-state index in [1.54, 1.807) is 0 Å². The predicted molar refractivity (Wildman–Crippen MR) is 68.0 cm³/mol. The highest BCUT2D eigenvalue weighted by atomic mass is 16.5. The summed E-state index contributed by atoms with van der Waals surface area (Å²) in [5, 5.41) is 7.94. The second-order valence-electron chi connectivity index (χ2n) is 5.84. The van der Waals surface area contributed by atoms with Gasteiger partial charge in [0.25, 0.3) is 0 Å². The molecule has 17 heavy (non-hydrogen) atoms. The van der Waals surface area contributed by atoms with E-state index < -0.39 is 0 Å². The van der Waals surface area contributed by atoms with Gasteiger partial charge in [-0.1, -0.05) is 26.8 Å². The molecule has 2 heterocycles. The minimum Gasteiger partial charge on any atom is -0.376 e. The normalized spacial score (nSPS) is 20.8. The van der Waals surface area contributed by atoms with Crippen molar-refractivity contribution < 1.29 is 4.74 Å². The van der Waals surface area contributed by atoms with Gasteiger partial charge in [0.2, 0.25) is 0 Å². The Balaban J connectivity index is 2.23. The maximum absolute atomic E-state index is 7.94. The first-order valence-electron chi connectivity index (χ1n) is 6.34. The quantitative estimate of drug-likeness (QED) is 0.838. The van der Waals surface area contributed by atoms with Crippen LogP contribution in [0.2, 0.25) is 0 Å².